The van der Waals surface area contributed by atoms with Crippen LogP contribution in [0, 0.1) is 0 Å². The summed E-state index contributed by atoms with van der Waals surface area (Å²) in [5, 5.41) is 0. The summed E-state index contributed by atoms with van der Waals surface area (Å²) in [5.74, 6) is -2.50. The summed E-state index contributed by atoms with van der Waals surface area (Å²) >= 11 is 1.68. The molecule has 0 aromatic heterocycles. The number of nitrogens with two attached hydrogens (primary N) is 1. The van der Waals surface area contributed by atoms with Gasteiger partial charge in [0.15, 0.2) is 0 Å². The second-order valence-corrected chi connectivity index (χ2v) is 5.95. The molecule has 2 rings (SSSR count). The summed E-state index contributed by atoms with van der Waals surface area (Å²) in [6.07, 6.45) is 2.89. The van der Waals surface area contributed by atoms with E-state index in [-0.39, 0.29) is 18.3 Å². The molecule has 1 aliphatic rings. The number of thioether (sulfide) groups is 1. The predicted molar refractivity (Wildman–Crippen MR) is 72.4 cm³/mol. The van der Waals surface area contributed by atoms with Crippen molar-refractivity contribution in [2.45, 2.75) is 41.9 Å². The van der Waals surface area contributed by atoms with E-state index >= 15 is 0 Å². The fourth-order valence-corrected chi connectivity index (χ4v) is 3.06. The number of alkyl halides is 2. The summed E-state index contributed by atoms with van der Waals surface area (Å²) in [6, 6.07) is 8.18. The molecule has 4 heteroatoms. The Bertz CT molecular complexity index is 393. The van der Waals surface area contributed by atoms with Gasteiger partial charge in [-0.3, -0.25) is 0 Å². The fourth-order valence-electron chi connectivity index (χ4n) is 2.65. The lowest BCUT2D eigenvalue weighted by molar-refractivity contribution is -0.0509. The average molecular weight is 271 g/mol. The molecule has 1 fully saturated rings. The highest BCUT2D eigenvalue weighted by Gasteiger charge is 2.43. The van der Waals surface area contributed by atoms with Gasteiger partial charge in [0.1, 0.15) is 0 Å². The normalized spacial score (nSPS) is 21.8. The van der Waals surface area contributed by atoms with Crippen molar-refractivity contribution in [2.75, 3.05) is 12.8 Å². The minimum absolute atomic E-state index is 0.0471. The van der Waals surface area contributed by atoms with E-state index in [0.29, 0.717) is 19.4 Å². The highest BCUT2D eigenvalue weighted by Crippen LogP contribution is 2.45. The highest BCUT2D eigenvalue weighted by atomic mass is 32.2. The lowest BCUT2D eigenvalue weighted by atomic mass is 9.68. The van der Waals surface area contributed by atoms with Crippen molar-refractivity contribution in [1.29, 1.82) is 0 Å². The topological polar surface area (TPSA) is 26.0 Å². The van der Waals surface area contributed by atoms with Gasteiger partial charge in [-0.1, -0.05) is 12.1 Å². The second kappa shape index (κ2) is 5.17. The molecule has 0 aliphatic heterocycles. The number of benzene rings is 1. The van der Waals surface area contributed by atoms with E-state index in [1.807, 2.05) is 30.5 Å². The van der Waals surface area contributed by atoms with Gasteiger partial charge in [0.25, 0.3) is 0 Å². The van der Waals surface area contributed by atoms with Crippen molar-refractivity contribution in [3.63, 3.8) is 0 Å². The molecule has 0 saturated heterocycles. The van der Waals surface area contributed by atoms with Crippen LogP contribution in [0.1, 0.15) is 31.2 Å². The van der Waals surface area contributed by atoms with Crippen LogP contribution in [0.5, 0.6) is 0 Å². The standard InChI is InChI=1S/C14H19F2NS/c1-18-12-4-2-11(3-5-12)13(10-17)6-8-14(15,16)9-7-13/h2-5H,6-10,17H2,1H3. The third-order valence-electron chi connectivity index (χ3n) is 4.03. The maximum absolute atomic E-state index is 13.3. The van der Waals surface area contributed by atoms with Crippen LogP contribution in [0.3, 0.4) is 0 Å². The molecule has 0 bridgehead atoms. The van der Waals surface area contributed by atoms with E-state index in [4.69, 9.17) is 5.73 Å². The first-order valence-electron chi connectivity index (χ1n) is 6.24. The van der Waals surface area contributed by atoms with Gasteiger partial charge >= 0.3 is 0 Å². The summed E-state index contributed by atoms with van der Waals surface area (Å²) in [7, 11) is 0. The monoisotopic (exact) mass is 271 g/mol. The smallest absolute Gasteiger partial charge is 0.248 e. The van der Waals surface area contributed by atoms with Crippen LogP contribution >= 0.6 is 11.8 Å². The van der Waals surface area contributed by atoms with Crippen molar-refractivity contribution in [3.05, 3.63) is 29.8 Å². The van der Waals surface area contributed by atoms with Crippen molar-refractivity contribution in [1.82, 2.24) is 0 Å². The van der Waals surface area contributed by atoms with Crippen LogP contribution in [-0.2, 0) is 5.41 Å². The molecule has 0 amide bonds. The first-order chi connectivity index (χ1) is 8.51. The van der Waals surface area contributed by atoms with Crippen LogP contribution in [0.2, 0.25) is 0 Å². The number of hydrogen-bond acceptors (Lipinski definition) is 2. The minimum Gasteiger partial charge on any atom is -0.330 e. The molecule has 1 aromatic carbocycles. The fraction of sp³-hybridized carbons (Fsp3) is 0.571. The molecular formula is C14H19F2NS. The van der Waals surface area contributed by atoms with Gasteiger partial charge < -0.3 is 5.73 Å². The zero-order valence-electron chi connectivity index (χ0n) is 10.6. The van der Waals surface area contributed by atoms with Crippen molar-refractivity contribution in [2.24, 2.45) is 5.73 Å². The molecule has 2 N–H and O–H groups in total. The van der Waals surface area contributed by atoms with Gasteiger partial charge in [-0.05, 0) is 36.8 Å². The maximum Gasteiger partial charge on any atom is 0.248 e. The van der Waals surface area contributed by atoms with Crippen molar-refractivity contribution < 1.29 is 8.78 Å². The zero-order chi connectivity index (χ0) is 13.2. The zero-order valence-corrected chi connectivity index (χ0v) is 11.4. The Balaban J connectivity index is 2.22. The van der Waals surface area contributed by atoms with E-state index < -0.39 is 5.92 Å². The molecule has 0 atom stereocenters. The average Bonchev–Trinajstić information content (AvgIpc) is 2.40. The van der Waals surface area contributed by atoms with E-state index in [9.17, 15) is 8.78 Å². The van der Waals surface area contributed by atoms with Gasteiger partial charge in [-0.2, -0.15) is 0 Å². The third-order valence-corrected chi connectivity index (χ3v) is 4.78. The number of halogens is 2. The lowest BCUT2D eigenvalue weighted by Gasteiger charge is -2.39. The molecule has 0 unspecified atom stereocenters. The summed E-state index contributed by atoms with van der Waals surface area (Å²) in [5.41, 5.74) is 6.74. The largest absolute Gasteiger partial charge is 0.330 e. The number of hydrogen-bond donors (Lipinski definition) is 1. The molecule has 1 nitrogen and oxygen atoms in total. The van der Waals surface area contributed by atoms with Gasteiger partial charge in [-0.25, -0.2) is 8.78 Å². The SMILES string of the molecule is CSc1ccc(C2(CN)CCC(F)(F)CC2)cc1. The van der Waals surface area contributed by atoms with Gasteiger partial charge in [0, 0.05) is 29.7 Å². The van der Waals surface area contributed by atoms with Gasteiger partial charge in [0.05, 0.1) is 0 Å². The lowest BCUT2D eigenvalue weighted by Crippen LogP contribution is -2.42. The minimum atomic E-state index is -2.50. The third kappa shape index (κ3) is 2.69. The van der Waals surface area contributed by atoms with Crippen LogP contribution < -0.4 is 5.73 Å². The van der Waals surface area contributed by atoms with Crippen LogP contribution in [0.15, 0.2) is 29.2 Å². The Morgan fingerprint density at radius 1 is 1.11 bits per heavy atom. The summed E-state index contributed by atoms with van der Waals surface area (Å²) < 4.78 is 26.5. The van der Waals surface area contributed by atoms with Crippen LogP contribution in [0.4, 0.5) is 8.78 Å². The summed E-state index contributed by atoms with van der Waals surface area (Å²) in [6.45, 7) is 0.446. The first kappa shape index (κ1) is 13.8. The number of rotatable bonds is 3. The highest BCUT2D eigenvalue weighted by molar-refractivity contribution is 7.98. The van der Waals surface area contributed by atoms with Crippen LogP contribution in [0.25, 0.3) is 0 Å². The Morgan fingerprint density at radius 2 is 1.67 bits per heavy atom. The predicted octanol–water partition coefficient (Wildman–Crippen LogP) is 3.81. The molecule has 1 aliphatic carbocycles. The Kier molecular flexibility index (Phi) is 3.97. The quantitative estimate of drug-likeness (QED) is 0.846. The Hall–Kier alpha value is -0.610. The Morgan fingerprint density at radius 3 is 2.11 bits per heavy atom. The van der Waals surface area contributed by atoms with Crippen molar-refractivity contribution in [3.8, 4) is 0 Å². The first-order valence-corrected chi connectivity index (χ1v) is 7.46. The van der Waals surface area contributed by atoms with E-state index in [2.05, 4.69) is 0 Å². The van der Waals surface area contributed by atoms with Gasteiger partial charge in [-0.15, -0.1) is 11.8 Å². The van der Waals surface area contributed by atoms with Gasteiger partial charge in [0.2, 0.25) is 5.92 Å². The molecular weight excluding hydrogens is 252 g/mol. The van der Waals surface area contributed by atoms with E-state index in [0.717, 1.165) is 5.56 Å². The molecule has 1 saturated carbocycles. The van der Waals surface area contributed by atoms with Crippen LogP contribution in [-0.4, -0.2) is 18.7 Å². The molecule has 100 valence electrons. The maximum atomic E-state index is 13.3. The Labute approximate surface area is 111 Å². The molecule has 0 spiro atoms. The molecule has 1 aromatic rings. The van der Waals surface area contributed by atoms with E-state index in [1.54, 1.807) is 11.8 Å². The molecule has 0 heterocycles. The van der Waals surface area contributed by atoms with E-state index in [1.165, 1.54) is 4.90 Å². The second-order valence-electron chi connectivity index (χ2n) is 5.07. The van der Waals surface area contributed by atoms with Crippen molar-refractivity contribution >= 4 is 11.8 Å². The molecule has 18 heavy (non-hydrogen) atoms. The summed E-state index contributed by atoms with van der Waals surface area (Å²) in [4.78, 5) is 1.19. The molecule has 0 radical (unpaired) electrons.